The molecule has 0 saturated heterocycles. The standard InChI is InChI=1S/C62H125NO3/c1-3-5-7-9-11-13-15-17-19-21-23-25-27-29-30-31-32-33-34-36-38-40-42-44-46-48-50-52-54-56-58-62(66)63-60(59-64)61(65)57-55-53-51-49-47-45-43-41-39-37-35-28-26-24-22-20-18-16-14-12-10-8-6-4-2/h60-61,64-65H,3-59H2,1-2H3,(H,63,66). The lowest BCUT2D eigenvalue weighted by Gasteiger charge is -2.22. The summed E-state index contributed by atoms with van der Waals surface area (Å²) in [6, 6.07) is -0.532. The summed E-state index contributed by atoms with van der Waals surface area (Å²) in [4.78, 5) is 12.5. The molecule has 0 heterocycles. The summed E-state index contributed by atoms with van der Waals surface area (Å²) < 4.78 is 0. The highest BCUT2D eigenvalue weighted by atomic mass is 16.3. The van der Waals surface area contributed by atoms with Gasteiger partial charge in [0.15, 0.2) is 0 Å². The van der Waals surface area contributed by atoms with E-state index in [4.69, 9.17) is 0 Å². The van der Waals surface area contributed by atoms with Crippen LogP contribution in [0.2, 0.25) is 0 Å². The van der Waals surface area contributed by atoms with Crippen molar-refractivity contribution in [2.45, 2.75) is 386 Å². The van der Waals surface area contributed by atoms with Gasteiger partial charge in [0.25, 0.3) is 0 Å². The third-order valence-electron chi connectivity index (χ3n) is 15.1. The summed E-state index contributed by atoms with van der Waals surface area (Å²) in [6.45, 7) is 4.41. The van der Waals surface area contributed by atoms with E-state index in [2.05, 4.69) is 19.2 Å². The van der Waals surface area contributed by atoms with Crippen LogP contribution in [0.3, 0.4) is 0 Å². The van der Waals surface area contributed by atoms with E-state index in [1.807, 2.05) is 0 Å². The van der Waals surface area contributed by atoms with E-state index in [9.17, 15) is 15.0 Å². The first-order chi connectivity index (χ1) is 32.7. The maximum Gasteiger partial charge on any atom is 0.220 e. The Hall–Kier alpha value is -0.610. The van der Waals surface area contributed by atoms with Crippen molar-refractivity contribution in [1.82, 2.24) is 5.32 Å². The zero-order valence-electron chi connectivity index (χ0n) is 45.8. The number of aliphatic hydroxyl groups is 2. The van der Waals surface area contributed by atoms with Gasteiger partial charge in [-0.15, -0.1) is 0 Å². The molecule has 4 heteroatoms. The van der Waals surface area contributed by atoms with Crippen molar-refractivity contribution in [3.63, 3.8) is 0 Å². The van der Waals surface area contributed by atoms with Crippen LogP contribution in [-0.4, -0.2) is 34.9 Å². The van der Waals surface area contributed by atoms with Crippen LogP contribution in [0.4, 0.5) is 0 Å². The summed E-state index contributed by atoms with van der Waals surface area (Å²) in [5.74, 6) is -0.0205. The fraction of sp³-hybridized carbons (Fsp3) is 0.984. The van der Waals surface area contributed by atoms with Crippen molar-refractivity contribution >= 4 is 5.91 Å². The predicted molar refractivity (Wildman–Crippen MR) is 295 cm³/mol. The Balaban J connectivity index is 3.37. The monoisotopic (exact) mass is 932 g/mol. The number of hydrogen-bond donors (Lipinski definition) is 3. The van der Waals surface area contributed by atoms with Crippen LogP contribution in [0.25, 0.3) is 0 Å². The van der Waals surface area contributed by atoms with Gasteiger partial charge in [-0.1, -0.05) is 354 Å². The zero-order chi connectivity index (χ0) is 47.7. The number of carbonyl (C=O) groups excluding carboxylic acids is 1. The maximum atomic E-state index is 12.5. The minimum Gasteiger partial charge on any atom is -0.394 e. The molecule has 0 rings (SSSR count). The van der Waals surface area contributed by atoms with E-state index < -0.39 is 12.1 Å². The van der Waals surface area contributed by atoms with Gasteiger partial charge in [-0.2, -0.15) is 0 Å². The highest BCUT2D eigenvalue weighted by Crippen LogP contribution is 2.19. The second-order valence-electron chi connectivity index (χ2n) is 21.8. The van der Waals surface area contributed by atoms with Crippen molar-refractivity contribution in [3.8, 4) is 0 Å². The van der Waals surface area contributed by atoms with Gasteiger partial charge in [0, 0.05) is 6.42 Å². The molecule has 2 unspecified atom stereocenters. The summed E-state index contributed by atoms with van der Waals surface area (Å²) >= 11 is 0. The minimum atomic E-state index is -0.655. The van der Waals surface area contributed by atoms with Crippen LogP contribution >= 0.6 is 0 Å². The lowest BCUT2D eigenvalue weighted by Crippen LogP contribution is -2.45. The van der Waals surface area contributed by atoms with Crippen LogP contribution in [0.1, 0.15) is 373 Å². The van der Waals surface area contributed by atoms with Crippen molar-refractivity contribution in [2.24, 2.45) is 0 Å². The summed E-state index contributed by atoms with van der Waals surface area (Å²) in [5, 5.41) is 23.4. The fourth-order valence-corrected chi connectivity index (χ4v) is 10.4. The molecule has 0 bridgehead atoms. The third-order valence-corrected chi connectivity index (χ3v) is 15.1. The van der Waals surface area contributed by atoms with Gasteiger partial charge in [0.2, 0.25) is 5.91 Å². The maximum absolute atomic E-state index is 12.5. The summed E-state index contributed by atoms with van der Waals surface area (Å²) in [6.07, 6.45) is 75.5. The zero-order valence-corrected chi connectivity index (χ0v) is 45.8. The Kier molecular flexibility index (Phi) is 58.2. The summed E-state index contributed by atoms with van der Waals surface area (Å²) in [5.41, 5.74) is 0. The number of amides is 1. The molecule has 66 heavy (non-hydrogen) atoms. The highest BCUT2D eigenvalue weighted by molar-refractivity contribution is 5.76. The van der Waals surface area contributed by atoms with Crippen LogP contribution in [0, 0.1) is 0 Å². The van der Waals surface area contributed by atoms with Gasteiger partial charge in [0.1, 0.15) is 0 Å². The Bertz CT molecular complexity index is 879. The van der Waals surface area contributed by atoms with Crippen molar-refractivity contribution in [3.05, 3.63) is 0 Å². The first-order valence-corrected chi connectivity index (χ1v) is 31.2. The molecule has 0 aliphatic carbocycles. The largest absolute Gasteiger partial charge is 0.394 e. The Morgan fingerprint density at radius 1 is 0.303 bits per heavy atom. The van der Waals surface area contributed by atoms with E-state index in [-0.39, 0.29) is 12.5 Å². The third kappa shape index (κ3) is 54.3. The number of hydrogen-bond acceptors (Lipinski definition) is 3. The van der Waals surface area contributed by atoms with E-state index in [1.54, 1.807) is 0 Å². The molecule has 2 atom stereocenters. The number of unbranched alkanes of at least 4 members (excludes halogenated alkanes) is 52. The van der Waals surface area contributed by atoms with E-state index >= 15 is 0 Å². The van der Waals surface area contributed by atoms with E-state index in [0.717, 1.165) is 25.7 Å². The van der Waals surface area contributed by atoms with Gasteiger partial charge in [-0.3, -0.25) is 4.79 Å². The molecule has 4 nitrogen and oxygen atoms in total. The van der Waals surface area contributed by atoms with Gasteiger partial charge in [-0.25, -0.2) is 0 Å². The first kappa shape index (κ1) is 65.4. The van der Waals surface area contributed by atoms with Crippen LogP contribution < -0.4 is 5.32 Å². The number of carbonyl (C=O) groups is 1. The van der Waals surface area contributed by atoms with Crippen molar-refractivity contribution in [1.29, 1.82) is 0 Å². The van der Waals surface area contributed by atoms with Gasteiger partial charge in [-0.05, 0) is 12.8 Å². The van der Waals surface area contributed by atoms with Crippen LogP contribution in [-0.2, 0) is 4.79 Å². The number of rotatable bonds is 59. The Morgan fingerprint density at radius 2 is 0.485 bits per heavy atom. The van der Waals surface area contributed by atoms with Gasteiger partial charge < -0.3 is 15.5 Å². The molecular weight excluding hydrogens is 807 g/mol. The van der Waals surface area contributed by atoms with Gasteiger partial charge in [0.05, 0.1) is 18.8 Å². The lowest BCUT2D eigenvalue weighted by molar-refractivity contribution is -0.123. The molecule has 0 aromatic carbocycles. The first-order valence-electron chi connectivity index (χ1n) is 31.2. The SMILES string of the molecule is CCCCCCCCCCCCCCCCCCCCCCCCCCCCCCCCC(=O)NC(CO)C(O)CCCCCCCCCCCCCCCCCCCCCCCCCC. The van der Waals surface area contributed by atoms with E-state index in [1.165, 1.54) is 321 Å². The average molecular weight is 933 g/mol. The minimum absolute atomic E-state index is 0.0205. The molecule has 0 aromatic rings. The normalized spacial score (nSPS) is 12.6. The molecule has 0 fully saturated rings. The highest BCUT2D eigenvalue weighted by Gasteiger charge is 2.20. The van der Waals surface area contributed by atoms with Crippen LogP contribution in [0.15, 0.2) is 0 Å². The van der Waals surface area contributed by atoms with Gasteiger partial charge >= 0.3 is 0 Å². The molecule has 0 aliphatic heterocycles. The van der Waals surface area contributed by atoms with Crippen LogP contribution in [0.5, 0.6) is 0 Å². The molecule has 0 aromatic heterocycles. The average Bonchev–Trinajstić information content (AvgIpc) is 3.32. The molecule has 0 aliphatic rings. The Labute approximate surface area is 416 Å². The molecule has 0 saturated carbocycles. The summed E-state index contributed by atoms with van der Waals surface area (Å²) in [7, 11) is 0. The molecule has 396 valence electrons. The Morgan fingerprint density at radius 3 is 0.682 bits per heavy atom. The second kappa shape index (κ2) is 58.7. The smallest absolute Gasteiger partial charge is 0.220 e. The quantitative estimate of drug-likeness (QED) is 0.0532. The second-order valence-corrected chi connectivity index (χ2v) is 21.8. The van der Waals surface area contributed by atoms with E-state index in [0.29, 0.717) is 12.8 Å². The predicted octanol–water partition coefficient (Wildman–Crippen LogP) is 20.7. The van der Waals surface area contributed by atoms with Crippen molar-refractivity contribution in [2.75, 3.05) is 6.61 Å². The molecule has 0 radical (unpaired) electrons. The topological polar surface area (TPSA) is 69.6 Å². The van der Waals surface area contributed by atoms with Crippen molar-refractivity contribution < 1.29 is 15.0 Å². The fourth-order valence-electron chi connectivity index (χ4n) is 10.4. The molecule has 3 N–H and O–H groups in total. The number of aliphatic hydroxyl groups excluding tert-OH is 2. The molecule has 1 amide bonds. The molecular formula is C62H125NO3. The lowest BCUT2D eigenvalue weighted by atomic mass is 10.0. The number of nitrogens with one attached hydrogen (secondary N) is 1. The molecule has 0 spiro atoms.